The van der Waals surface area contributed by atoms with Crippen molar-refractivity contribution in [3.63, 3.8) is 0 Å². The molecule has 2 rings (SSSR count). The van der Waals surface area contributed by atoms with Gasteiger partial charge in [0.1, 0.15) is 0 Å². The zero-order valence-electron chi connectivity index (χ0n) is 10.9. The highest BCUT2D eigenvalue weighted by molar-refractivity contribution is 5.33. The Kier molecular flexibility index (Phi) is 4.19. The molecule has 0 saturated carbocycles. The molecule has 2 heteroatoms. The van der Waals surface area contributed by atoms with E-state index in [9.17, 15) is 0 Å². The van der Waals surface area contributed by atoms with Crippen LogP contribution in [0.2, 0.25) is 0 Å². The lowest BCUT2D eigenvalue weighted by molar-refractivity contribution is 0.127. The van der Waals surface area contributed by atoms with Gasteiger partial charge in [0.2, 0.25) is 0 Å². The molecule has 1 aromatic rings. The SMILES string of the molecule is Cc1cccc(C)c1CN1CCC(CO)CC1. The van der Waals surface area contributed by atoms with Gasteiger partial charge in [-0.05, 0) is 62.4 Å². The first-order valence-corrected chi connectivity index (χ1v) is 6.59. The van der Waals surface area contributed by atoms with Crippen LogP contribution in [0.5, 0.6) is 0 Å². The van der Waals surface area contributed by atoms with E-state index in [1.165, 1.54) is 16.7 Å². The maximum Gasteiger partial charge on any atom is 0.0460 e. The molecule has 2 nitrogen and oxygen atoms in total. The Hall–Kier alpha value is -0.860. The summed E-state index contributed by atoms with van der Waals surface area (Å²) in [7, 11) is 0. The summed E-state index contributed by atoms with van der Waals surface area (Å²) in [4.78, 5) is 2.52. The molecule has 0 unspecified atom stereocenters. The molecule has 1 N–H and O–H groups in total. The van der Waals surface area contributed by atoms with E-state index >= 15 is 0 Å². The van der Waals surface area contributed by atoms with Crippen molar-refractivity contribution in [2.45, 2.75) is 33.2 Å². The maximum atomic E-state index is 9.14. The second-order valence-corrected chi connectivity index (χ2v) is 5.27. The first-order valence-electron chi connectivity index (χ1n) is 6.59. The van der Waals surface area contributed by atoms with Crippen LogP contribution in [0.25, 0.3) is 0 Å². The summed E-state index contributed by atoms with van der Waals surface area (Å²) in [6, 6.07) is 6.53. The highest BCUT2D eigenvalue weighted by Crippen LogP contribution is 2.21. The fraction of sp³-hybridized carbons (Fsp3) is 0.600. The fourth-order valence-corrected chi connectivity index (χ4v) is 2.65. The van der Waals surface area contributed by atoms with Gasteiger partial charge in [-0.2, -0.15) is 0 Å². The number of aryl methyl sites for hydroxylation is 2. The number of aliphatic hydroxyl groups is 1. The van der Waals surface area contributed by atoms with E-state index in [0.29, 0.717) is 12.5 Å². The molecule has 0 aromatic heterocycles. The molecule has 1 saturated heterocycles. The van der Waals surface area contributed by atoms with E-state index in [4.69, 9.17) is 5.11 Å². The van der Waals surface area contributed by atoms with Crippen LogP contribution in [0.1, 0.15) is 29.5 Å². The quantitative estimate of drug-likeness (QED) is 0.867. The minimum atomic E-state index is 0.358. The second-order valence-electron chi connectivity index (χ2n) is 5.27. The van der Waals surface area contributed by atoms with Crippen LogP contribution in [0, 0.1) is 19.8 Å². The second kappa shape index (κ2) is 5.65. The molecule has 0 spiro atoms. The Morgan fingerprint density at radius 3 is 2.29 bits per heavy atom. The van der Waals surface area contributed by atoms with Crippen molar-refractivity contribution in [3.8, 4) is 0 Å². The van der Waals surface area contributed by atoms with Crippen molar-refractivity contribution in [1.82, 2.24) is 4.90 Å². The Morgan fingerprint density at radius 2 is 1.76 bits per heavy atom. The lowest BCUT2D eigenvalue weighted by Gasteiger charge is -2.31. The lowest BCUT2D eigenvalue weighted by atomic mass is 9.96. The van der Waals surface area contributed by atoms with Gasteiger partial charge in [-0.15, -0.1) is 0 Å². The van der Waals surface area contributed by atoms with Crippen molar-refractivity contribution < 1.29 is 5.11 Å². The van der Waals surface area contributed by atoms with Gasteiger partial charge in [0.05, 0.1) is 0 Å². The molecule has 1 heterocycles. The van der Waals surface area contributed by atoms with Crippen molar-refractivity contribution in [2.75, 3.05) is 19.7 Å². The van der Waals surface area contributed by atoms with Crippen molar-refractivity contribution in [1.29, 1.82) is 0 Å². The summed E-state index contributed by atoms with van der Waals surface area (Å²) < 4.78 is 0. The summed E-state index contributed by atoms with van der Waals surface area (Å²) >= 11 is 0. The van der Waals surface area contributed by atoms with E-state index in [2.05, 4.69) is 36.9 Å². The molecular weight excluding hydrogens is 210 g/mol. The first kappa shape index (κ1) is 12.6. The van der Waals surface area contributed by atoms with E-state index in [1.807, 2.05) is 0 Å². The summed E-state index contributed by atoms with van der Waals surface area (Å²) in [5.74, 6) is 0.532. The van der Waals surface area contributed by atoms with Crippen LogP contribution in [0.4, 0.5) is 0 Å². The summed E-state index contributed by atoms with van der Waals surface area (Å²) in [6.45, 7) is 8.07. The number of hydrogen-bond donors (Lipinski definition) is 1. The number of benzene rings is 1. The highest BCUT2D eigenvalue weighted by atomic mass is 16.3. The van der Waals surface area contributed by atoms with Gasteiger partial charge in [0, 0.05) is 13.2 Å². The molecule has 1 aliphatic heterocycles. The molecule has 0 amide bonds. The fourth-order valence-electron chi connectivity index (χ4n) is 2.65. The van der Waals surface area contributed by atoms with E-state index in [-0.39, 0.29) is 0 Å². The topological polar surface area (TPSA) is 23.5 Å². The van der Waals surface area contributed by atoms with Crippen LogP contribution in [0.15, 0.2) is 18.2 Å². The van der Waals surface area contributed by atoms with E-state index in [0.717, 1.165) is 32.5 Å². The minimum absolute atomic E-state index is 0.358. The molecule has 0 atom stereocenters. The predicted molar refractivity (Wildman–Crippen MR) is 71.0 cm³/mol. The average Bonchev–Trinajstić information content (AvgIpc) is 2.35. The van der Waals surface area contributed by atoms with E-state index in [1.54, 1.807) is 0 Å². The number of hydrogen-bond acceptors (Lipinski definition) is 2. The van der Waals surface area contributed by atoms with Crippen molar-refractivity contribution in [3.05, 3.63) is 34.9 Å². The molecule has 0 radical (unpaired) electrons. The molecule has 1 fully saturated rings. The molecule has 1 aliphatic rings. The maximum absolute atomic E-state index is 9.14. The largest absolute Gasteiger partial charge is 0.396 e. The number of rotatable bonds is 3. The molecule has 1 aromatic carbocycles. The Morgan fingerprint density at radius 1 is 1.18 bits per heavy atom. The van der Waals surface area contributed by atoms with Gasteiger partial charge in [-0.1, -0.05) is 18.2 Å². The first-order chi connectivity index (χ1) is 8.20. The Labute approximate surface area is 104 Å². The van der Waals surface area contributed by atoms with Gasteiger partial charge in [0.15, 0.2) is 0 Å². The molecular formula is C15H23NO. The highest BCUT2D eigenvalue weighted by Gasteiger charge is 2.19. The van der Waals surface area contributed by atoms with Crippen LogP contribution in [-0.4, -0.2) is 29.7 Å². The normalized spacial score (nSPS) is 18.5. The lowest BCUT2D eigenvalue weighted by Crippen LogP contribution is -2.34. The van der Waals surface area contributed by atoms with Crippen LogP contribution in [-0.2, 0) is 6.54 Å². The third kappa shape index (κ3) is 3.08. The smallest absolute Gasteiger partial charge is 0.0460 e. The summed E-state index contributed by atoms with van der Waals surface area (Å²) in [6.07, 6.45) is 2.28. The molecule has 0 aliphatic carbocycles. The van der Waals surface area contributed by atoms with Crippen LogP contribution < -0.4 is 0 Å². The predicted octanol–water partition coefficient (Wildman–Crippen LogP) is 2.51. The summed E-state index contributed by atoms with van der Waals surface area (Å²) in [5, 5.41) is 9.14. The number of piperidine rings is 1. The molecule has 17 heavy (non-hydrogen) atoms. The number of likely N-dealkylation sites (tertiary alicyclic amines) is 1. The van der Waals surface area contributed by atoms with E-state index < -0.39 is 0 Å². The average molecular weight is 233 g/mol. The zero-order chi connectivity index (χ0) is 12.3. The minimum Gasteiger partial charge on any atom is -0.396 e. The van der Waals surface area contributed by atoms with Gasteiger partial charge in [0.25, 0.3) is 0 Å². The van der Waals surface area contributed by atoms with Gasteiger partial charge < -0.3 is 5.11 Å². The monoisotopic (exact) mass is 233 g/mol. The standard InChI is InChI=1S/C15H23NO/c1-12-4-3-5-13(2)15(12)10-16-8-6-14(11-17)7-9-16/h3-5,14,17H,6-11H2,1-2H3. The third-order valence-electron chi connectivity index (χ3n) is 3.99. The summed E-state index contributed by atoms with van der Waals surface area (Å²) in [5.41, 5.74) is 4.28. The molecule has 0 bridgehead atoms. The van der Waals surface area contributed by atoms with Crippen molar-refractivity contribution in [2.24, 2.45) is 5.92 Å². The number of nitrogens with zero attached hydrogens (tertiary/aromatic N) is 1. The van der Waals surface area contributed by atoms with Crippen molar-refractivity contribution >= 4 is 0 Å². The Balaban J connectivity index is 1.98. The van der Waals surface area contributed by atoms with Gasteiger partial charge in [-0.3, -0.25) is 4.90 Å². The van der Waals surface area contributed by atoms with Crippen LogP contribution in [0.3, 0.4) is 0 Å². The third-order valence-corrected chi connectivity index (χ3v) is 3.99. The van der Waals surface area contributed by atoms with Gasteiger partial charge in [-0.25, -0.2) is 0 Å². The van der Waals surface area contributed by atoms with Gasteiger partial charge >= 0.3 is 0 Å². The zero-order valence-corrected chi connectivity index (χ0v) is 10.9. The Bertz CT molecular complexity index is 347. The molecule has 94 valence electrons. The van der Waals surface area contributed by atoms with Crippen LogP contribution >= 0.6 is 0 Å². The number of aliphatic hydroxyl groups excluding tert-OH is 1.